The zero-order chi connectivity index (χ0) is 30.3. The zero-order valence-corrected chi connectivity index (χ0v) is 26.5. The van der Waals surface area contributed by atoms with E-state index in [1.54, 1.807) is 0 Å². The van der Waals surface area contributed by atoms with Gasteiger partial charge in [-0.15, -0.1) is 0 Å². The third kappa shape index (κ3) is 26.7. The number of phosphoric acid groups is 2. The van der Waals surface area contributed by atoms with Crippen LogP contribution in [0.5, 0.6) is 0 Å². The SMILES string of the molecule is CCCCOC(C)(OCCCC)OP(=O)(O)O.CCCCOCC(OCCCC)(OCCCC)OP(=O)(O)O. The van der Waals surface area contributed by atoms with Crippen LogP contribution in [0.25, 0.3) is 0 Å². The molecule has 0 atom stereocenters. The lowest BCUT2D eigenvalue weighted by atomic mass is 10.3. The highest BCUT2D eigenvalue weighted by Crippen LogP contribution is 2.43. The average molecular weight is 613 g/mol. The molecule has 0 amide bonds. The Kier molecular flexibility index (Phi) is 24.9. The van der Waals surface area contributed by atoms with E-state index >= 15 is 0 Å². The lowest BCUT2D eigenvalue weighted by molar-refractivity contribution is -0.365. The van der Waals surface area contributed by atoms with Gasteiger partial charge in [0, 0.05) is 13.5 Å². The third-order valence-corrected chi connectivity index (χ3v) is 5.91. The van der Waals surface area contributed by atoms with E-state index < -0.39 is 27.6 Å². The summed E-state index contributed by atoms with van der Waals surface area (Å²) in [6, 6.07) is 0. The molecule has 238 valence electrons. The monoisotopic (exact) mass is 612 g/mol. The molecule has 15 heteroatoms. The van der Waals surface area contributed by atoms with Gasteiger partial charge in [-0.1, -0.05) is 66.7 Å². The Hall–Kier alpha value is 0.0200. The minimum absolute atomic E-state index is 0.175. The van der Waals surface area contributed by atoms with Crippen LogP contribution in [0.15, 0.2) is 0 Å². The van der Waals surface area contributed by atoms with Gasteiger partial charge in [-0.05, 0) is 32.1 Å². The van der Waals surface area contributed by atoms with Crippen LogP contribution in [-0.2, 0) is 41.9 Å². The lowest BCUT2D eigenvalue weighted by Crippen LogP contribution is -2.44. The summed E-state index contributed by atoms with van der Waals surface area (Å²) in [5.41, 5.74) is 0. The number of hydrogen-bond acceptors (Lipinski definition) is 9. The highest BCUT2D eigenvalue weighted by Gasteiger charge is 2.41. The van der Waals surface area contributed by atoms with Gasteiger partial charge in [0.15, 0.2) is 0 Å². The summed E-state index contributed by atoms with van der Waals surface area (Å²) in [5, 5.41) is 0. The molecule has 0 unspecified atom stereocenters. The van der Waals surface area contributed by atoms with Crippen LogP contribution in [0, 0.1) is 0 Å². The van der Waals surface area contributed by atoms with Crippen molar-refractivity contribution in [2.45, 2.75) is 118 Å². The molecular formula is C24H54O13P2. The van der Waals surface area contributed by atoms with Gasteiger partial charge in [-0.2, -0.15) is 0 Å². The Bertz CT molecular complexity index is 634. The summed E-state index contributed by atoms with van der Waals surface area (Å²) >= 11 is 0. The highest BCUT2D eigenvalue weighted by atomic mass is 31.2. The van der Waals surface area contributed by atoms with Gasteiger partial charge in [0.2, 0.25) is 0 Å². The first-order valence-corrected chi connectivity index (χ1v) is 16.9. The lowest BCUT2D eigenvalue weighted by Gasteiger charge is -2.32. The van der Waals surface area contributed by atoms with E-state index in [0.29, 0.717) is 19.8 Å². The van der Waals surface area contributed by atoms with Crippen molar-refractivity contribution >= 4 is 15.6 Å². The summed E-state index contributed by atoms with van der Waals surface area (Å²) < 4.78 is 58.4. The normalized spacial score (nSPS) is 12.9. The maximum Gasteiger partial charge on any atom is 0.474 e. The van der Waals surface area contributed by atoms with Crippen LogP contribution in [0.2, 0.25) is 0 Å². The molecule has 0 aromatic heterocycles. The van der Waals surface area contributed by atoms with Crippen molar-refractivity contribution in [1.29, 1.82) is 0 Å². The molecule has 0 rings (SSSR count). The van der Waals surface area contributed by atoms with E-state index in [9.17, 15) is 9.13 Å². The Labute approximate surface area is 234 Å². The summed E-state index contributed by atoms with van der Waals surface area (Å²) in [7, 11) is -9.40. The molecule has 0 fully saturated rings. The van der Waals surface area contributed by atoms with Crippen molar-refractivity contribution in [2.75, 3.05) is 39.6 Å². The van der Waals surface area contributed by atoms with Crippen LogP contribution in [-0.4, -0.2) is 71.2 Å². The molecule has 0 radical (unpaired) electrons. The molecule has 0 spiro atoms. The number of unbranched alkanes of at least 4 members (excludes halogenated alkanes) is 5. The second kappa shape index (κ2) is 23.6. The Morgan fingerprint density at radius 3 is 1.21 bits per heavy atom. The topological polar surface area (TPSA) is 180 Å². The van der Waals surface area contributed by atoms with E-state index in [1.165, 1.54) is 6.92 Å². The molecule has 0 bridgehead atoms. The Morgan fingerprint density at radius 1 is 0.538 bits per heavy atom. The predicted octanol–water partition coefficient (Wildman–Crippen LogP) is 5.60. The molecule has 0 aliphatic rings. The van der Waals surface area contributed by atoms with Gasteiger partial charge in [0.25, 0.3) is 5.97 Å². The van der Waals surface area contributed by atoms with Crippen molar-refractivity contribution in [1.82, 2.24) is 0 Å². The number of hydrogen-bond donors (Lipinski definition) is 4. The second-order valence-corrected chi connectivity index (χ2v) is 11.3. The van der Waals surface area contributed by atoms with Crippen molar-refractivity contribution in [3.8, 4) is 0 Å². The quantitative estimate of drug-likeness (QED) is 0.0569. The summed E-state index contributed by atoms with van der Waals surface area (Å²) in [5.74, 6) is -3.53. The second-order valence-electron chi connectivity index (χ2n) is 8.92. The Balaban J connectivity index is 0. The molecule has 0 heterocycles. The van der Waals surface area contributed by atoms with Crippen molar-refractivity contribution in [2.24, 2.45) is 0 Å². The molecular weight excluding hydrogens is 558 g/mol. The molecule has 0 aliphatic carbocycles. The minimum Gasteiger partial charge on any atom is -0.373 e. The summed E-state index contributed by atoms with van der Waals surface area (Å²) in [4.78, 5) is 35.9. The zero-order valence-electron chi connectivity index (χ0n) is 24.7. The Morgan fingerprint density at radius 2 is 0.872 bits per heavy atom. The van der Waals surface area contributed by atoms with Crippen LogP contribution in [0.4, 0.5) is 0 Å². The molecule has 39 heavy (non-hydrogen) atoms. The van der Waals surface area contributed by atoms with Crippen LogP contribution < -0.4 is 0 Å². The molecule has 4 N–H and O–H groups in total. The fourth-order valence-electron chi connectivity index (χ4n) is 2.69. The number of rotatable bonds is 25. The van der Waals surface area contributed by atoms with Crippen LogP contribution >= 0.6 is 15.6 Å². The van der Waals surface area contributed by atoms with Crippen molar-refractivity contribution in [3.63, 3.8) is 0 Å². The number of phosphoric ester groups is 2. The largest absolute Gasteiger partial charge is 0.474 e. The standard InChI is InChI=1S/C14H31O7P.C10H23O6P/c1-4-7-10-18-13-14(19-11-8-5-2,20-12-9-6-3)21-22(15,16)17;1-4-6-8-14-10(3,15-9-7-5-2)16-17(11,12)13/h4-13H2,1-3H3,(H2,15,16,17);4-9H2,1-3H3,(H2,11,12,13). The predicted molar refractivity (Wildman–Crippen MR) is 147 cm³/mol. The number of ether oxygens (including phenoxy) is 5. The van der Waals surface area contributed by atoms with Gasteiger partial charge in [-0.25, -0.2) is 18.2 Å². The van der Waals surface area contributed by atoms with Gasteiger partial charge < -0.3 is 43.3 Å². The van der Waals surface area contributed by atoms with E-state index in [1.807, 2.05) is 34.6 Å². The maximum atomic E-state index is 11.3. The minimum atomic E-state index is -4.77. The fourth-order valence-corrected chi connectivity index (χ4v) is 3.74. The molecule has 0 aromatic carbocycles. The molecule has 13 nitrogen and oxygen atoms in total. The van der Waals surface area contributed by atoms with Crippen molar-refractivity contribution < 1.29 is 61.4 Å². The van der Waals surface area contributed by atoms with Gasteiger partial charge in [0.05, 0.1) is 26.4 Å². The first-order chi connectivity index (χ1) is 18.2. The van der Waals surface area contributed by atoms with Gasteiger partial charge in [0.1, 0.15) is 6.61 Å². The first-order valence-electron chi connectivity index (χ1n) is 13.9. The highest BCUT2D eigenvalue weighted by molar-refractivity contribution is 7.46. The van der Waals surface area contributed by atoms with Gasteiger partial charge in [-0.3, -0.25) is 0 Å². The average Bonchev–Trinajstić information content (AvgIpc) is 2.81. The van der Waals surface area contributed by atoms with E-state index in [-0.39, 0.29) is 19.8 Å². The fraction of sp³-hybridized carbons (Fsp3) is 1.00. The molecule has 0 aromatic rings. The maximum absolute atomic E-state index is 11.3. The van der Waals surface area contributed by atoms with E-state index in [4.69, 9.17) is 47.8 Å². The molecule has 0 saturated carbocycles. The van der Waals surface area contributed by atoms with Crippen LogP contribution in [0.3, 0.4) is 0 Å². The smallest absolute Gasteiger partial charge is 0.373 e. The van der Waals surface area contributed by atoms with E-state index in [2.05, 4.69) is 4.52 Å². The summed E-state index contributed by atoms with van der Waals surface area (Å²) in [6.07, 6.45) is 8.43. The first kappa shape index (κ1) is 41.2. The van der Waals surface area contributed by atoms with Crippen molar-refractivity contribution in [3.05, 3.63) is 0 Å². The third-order valence-electron chi connectivity index (χ3n) is 4.83. The molecule has 0 saturated heterocycles. The summed E-state index contributed by atoms with van der Waals surface area (Å²) in [6.45, 7) is 12.9. The van der Waals surface area contributed by atoms with Gasteiger partial charge >= 0.3 is 21.6 Å². The van der Waals surface area contributed by atoms with Crippen LogP contribution in [0.1, 0.15) is 106 Å². The van der Waals surface area contributed by atoms with E-state index in [0.717, 1.165) is 64.2 Å². The molecule has 0 aliphatic heterocycles.